The highest BCUT2D eigenvalue weighted by atomic mass is 16.1. The number of nitrogens with zero attached hydrogens (tertiary/aromatic N) is 1. The van der Waals surface area contributed by atoms with E-state index in [-0.39, 0.29) is 0 Å². The van der Waals surface area contributed by atoms with E-state index in [1.807, 2.05) is 65.4 Å². The lowest BCUT2D eigenvalue weighted by Gasteiger charge is -1.98. The molecule has 2 heteroatoms. The molecule has 96 valence electrons. The molecule has 20 heavy (non-hydrogen) atoms. The van der Waals surface area contributed by atoms with Crippen LogP contribution in [0.5, 0.6) is 0 Å². The molecule has 2 nitrogen and oxygen atoms in total. The van der Waals surface area contributed by atoms with Gasteiger partial charge < -0.3 is 4.57 Å². The van der Waals surface area contributed by atoms with Crippen molar-refractivity contribution in [1.29, 1.82) is 0 Å². The SMILES string of the molecule is O=Cc1cn(CC#Cc2ccccc2)c2ccccc12. The Morgan fingerprint density at radius 2 is 1.75 bits per heavy atom. The van der Waals surface area contributed by atoms with E-state index in [1.165, 1.54) is 0 Å². The van der Waals surface area contributed by atoms with Gasteiger partial charge in [-0.3, -0.25) is 4.79 Å². The summed E-state index contributed by atoms with van der Waals surface area (Å²) in [6.07, 6.45) is 2.75. The fraction of sp³-hybridized carbons (Fsp3) is 0.0556. The molecule has 0 unspecified atom stereocenters. The average molecular weight is 259 g/mol. The molecule has 1 heterocycles. The molecule has 3 aromatic rings. The van der Waals surface area contributed by atoms with Crippen molar-refractivity contribution >= 4 is 17.2 Å². The fourth-order valence-electron chi connectivity index (χ4n) is 2.25. The minimum atomic E-state index is 0.573. The van der Waals surface area contributed by atoms with Gasteiger partial charge in [-0.25, -0.2) is 0 Å². The van der Waals surface area contributed by atoms with E-state index in [0.717, 1.165) is 22.8 Å². The van der Waals surface area contributed by atoms with Gasteiger partial charge in [0.2, 0.25) is 0 Å². The van der Waals surface area contributed by atoms with Crippen LogP contribution in [0.2, 0.25) is 0 Å². The highest BCUT2D eigenvalue weighted by molar-refractivity contribution is 5.97. The van der Waals surface area contributed by atoms with Gasteiger partial charge in [0, 0.05) is 28.2 Å². The standard InChI is InChI=1S/C18H13NO/c20-14-16-13-19(18-11-5-4-10-17(16)18)12-6-9-15-7-2-1-3-8-15/h1-5,7-8,10-11,13-14H,12H2. The van der Waals surface area contributed by atoms with Crippen molar-refractivity contribution in [3.05, 3.63) is 71.9 Å². The van der Waals surface area contributed by atoms with Gasteiger partial charge in [0.05, 0.1) is 6.54 Å². The van der Waals surface area contributed by atoms with Crippen molar-refractivity contribution < 1.29 is 4.79 Å². The molecule has 1 aromatic heterocycles. The first-order chi connectivity index (χ1) is 9.88. The Bertz CT molecular complexity index is 804. The minimum absolute atomic E-state index is 0.573. The van der Waals surface area contributed by atoms with E-state index in [1.54, 1.807) is 0 Å². The van der Waals surface area contributed by atoms with Crippen molar-refractivity contribution in [3.63, 3.8) is 0 Å². The third-order valence-corrected chi connectivity index (χ3v) is 3.20. The Balaban J connectivity index is 1.92. The topological polar surface area (TPSA) is 22.0 Å². The summed E-state index contributed by atoms with van der Waals surface area (Å²) in [5, 5.41) is 0.976. The Morgan fingerprint density at radius 1 is 1.00 bits per heavy atom. The number of carbonyl (C=O) groups excluding carboxylic acids is 1. The van der Waals surface area contributed by atoms with Gasteiger partial charge in [-0.05, 0) is 18.2 Å². The molecule has 0 amide bonds. The number of hydrogen-bond acceptors (Lipinski definition) is 1. The van der Waals surface area contributed by atoms with Crippen LogP contribution in [0.15, 0.2) is 60.8 Å². The summed E-state index contributed by atoms with van der Waals surface area (Å²) in [4.78, 5) is 11.1. The maximum absolute atomic E-state index is 11.1. The second-order valence-electron chi connectivity index (χ2n) is 4.52. The zero-order valence-corrected chi connectivity index (χ0v) is 10.9. The van der Waals surface area contributed by atoms with Gasteiger partial charge in [0.25, 0.3) is 0 Å². The third kappa shape index (κ3) is 2.34. The van der Waals surface area contributed by atoms with Gasteiger partial charge in [0.15, 0.2) is 6.29 Å². The fourth-order valence-corrected chi connectivity index (χ4v) is 2.25. The lowest BCUT2D eigenvalue weighted by Crippen LogP contribution is -1.92. The van der Waals surface area contributed by atoms with Gasteiger partial charge in [-0.15, -0.1) is 0 Å². The average Bonchev–Trinajstić information content (AvgIpc) is 2.87. The molecule has 0 atom stereocenters. The number of rotatable bonds is 2. The minimum Gasteiger partial charge on any atom is -0.335 e. The van der Waals surface area contributed by atoms with Crippen LogP contribution in [0.1, 0.15) is 15.9 Å². The summed E-state index contributed by atoms with van der Waals surface area (Å²) in [7, 11) is 0. The summed E-state index contributed by atoms with van der Waals surface area (Å²) < 4.78 is 2.01. The molecule has 0 aliphatic carbocycles. The Kier molecular flexibility index (Phi) is 3.34. The zero-order chi connectivity index (χ0) is 13.8. The maximum Gasteiger partial charge on any atom is 0.152 e. The Morgan fingerprint density at radius 3 is 2.55 bits per heavy atom. The first kappa shape index (κ1) is 12.3. The molecule has 0 aliphatic rings. The summed E-state index contributed by atoms with van der Waals surface area (Å²) in [5.41, 5.74) is 2.75. The van der Waals surface area contributed by atoms with Crippen molar-refractivity contribution in [2.24, 2.45) is 0 Å². The molecule has 0 saturated carbocycles. The van der Waals surface area contributed by atoms with E-state index < -0.39 is 0 Å². The molecule has 0 bridgehead atoms. The predicted molar refractivity (Wildman–Crippen MR) is 80.6 cm³/mol. The van der Waals surface area contributed by atoms with Crippen LogP contribution in [0.25, 0.3) is 10.9 Å². The van der Waals surface area contributed by atoms with E-state index in [2.05, 4.69) is 11.8 Å². The number of hydrogen-bond donors (Lipinski definition) is 0. The first-order valence-electron chi connectivity index (χ1n) is 6.45. The summed E-state index contributed by atoms with van der Waals surface area (Å²) in [6.45, 7) is 0.573. The van der Waals surface area contributed by atoms with Crippen molar-refractivity contribution in [1.82, 2.24) is 4.57 Å². The molecule has 0 N–H and O–H groups in total. The summed E-state index contributed by atoms with van der Waals surface area (Å²) >= 11 is 0. The summed E-state index contributed by atoms with van der Waals surface area (Å²) in [5.74, 6) is 6.27. The van der Waals surface area contributed by atoms with E-state index in [0.29, 0.717) is 12.1 Å². The Labute approximate surface area is 117 Å². The smallest absolute Gasteiger partial charge is 0.152 e. The maximum atomic E-state index is 11.1. The molecule has 0 spiro atoms. The monoisotopic (exact) mass is 259 g/mol. The van der Waals surface area contributed by atoms with E-state index in [4.69, 9.17) is 0 Å². The highest BCUT2D eigenvalue weighted by Crippen LogP contribution is 2.19. The molecule has 0 aliphatic heterocycles. The van der Waals surface area contributed by atoms with Gasteiger partial charge in [-0.2, -0.15) is 0 Å². The number of fused-ring (bicyclic) bond motifs is 1. The lowest BCUT2D eigenvalue weighted by atomic mass is 10.2. The second kappa shape index (κ2) is 5.46. The molecular weight excluding hydrogens is 246 g/mol. The van der Waals surface area contributed by atoms with Crippen LogP contribution in [-0.2, 0) is 6.54 Å². The lowest BCUT2D eigenvalue weighted by molar-refractivity contribution is 0.112. The number of carbonyl (C=O) groups is 1. The van der Waals surface area contributed by atoms with Crippen LogP contribution in [0.4, 0.5) is 0 Å². The number of para-hydroxylation sites is 1. The molecule has 0 radical (unpaired) electrons. The Hall–Kier alpha value is -2.79. The van der Waals surface area contributed by atoms with Crippen LogP contribution in [-0.4, -0.2) is 10.9 Å². The zero-order valence-electron chi connectivity index (χ0n) is 10.9. The van der Waals surface area contributed by atoms with Crippen LogP contribution >= 0.6 is 0 Å². The quantitative estimate of drug-likeness (QED) is 0.510. The second-order valence-corrected chi connectivity index (χ2v) is 4.52. The summed E-state index contributed by atoms with van der Waals surface area (Å²) in [6, 6.07) is 17.8. The largest absolute Gasteiger partial charge is 0.335 e. The normalized spacial score (nSPS) is 10.0. The van der Waals surface area contributed by atoms with Crippen LogP contribution in [0.3, 0.4) is 0 Å². The predicted octanol–water partition coefficient (Wildman–Crippen LogP) is 3.51. The molecule has 3 rings (SSSR count). The van der Waals surface area contributed by atoms with Crippen molar-refractivity contribution in [3.8, 4) is 11.8 Å². The number of aromatic nitrogens is 1. The van der Waals surface area contributed by atoms with Crippen LogP contribution in [0, 0.1) is 11.8 Å². The van der Waals surface area contributed by atoms with Gasteiger partial charge >= 0.3 is 0 Å². The van der Waals surface area contributed by atoms with E-state index in [9.17, 15) is 4.79 Å². The first-order valence-corrected chi connectivity index (χ1v) is 6.45. The molecule has 0 saturated heterocycles. The van der Waals surface area contributed by atoms with E-state index >= 15 is 0 Å². The van der Waals surface area contributed by atoms with Crippen LogP contribution < -0.4 is 0 Å². The van der Waals surface area contributed by atoms with Crippen molar-refractivity contribution in [2.75, 3.05) is 0 Å². The van der Waals surface area contributed by atoms with Crippen molar-refractivity contribution in [2.45, 2.75) is 6.54 Å². The number of aldehydes is 1. The number of benzene rings is 2. The molecular formula is C18H13NO. The molecule has 2 aromatic carbocycles. The van der Waals surface area contributed by atoms with Gasteiger partial charge in [-0.1, -0.05) is 48.2 Å². The third-order valence-electron chi connectivity index (χ3n) is 3.20. The molecule has 0 fully saturated rings. The van der Waals surface area contributed by atoms with Gasteiger partial charge in [0.1, 0.15) is 0 Å². The highest BCUT2D eigenvalue weighted by Gasteiger charge is 2.05.